The van der Waals surface area contributed by atoms with Gasteiger partial charge >= 0.3 is 7.60 Å². The van der Waals surface area contributed by atoms with Crippen LogP contribution >= 0.6 is 7.60 Å². The van der Waals surface area contributed by atoms with E-state index in [1.165, 1.54) is 0 Å². The minimum absolute atomic E-state index is 0.189. The Morgan fingerprint density at radius 1 is 1.05 bits per heavy atom. The van der Waals surface area contributed by atoms with Crippen LogP contribution in [-0.2, 0) is 20.0 Å². The minimum atomic E-state index is -3.31. The zero-order valence-corrected chi connectivity index (χ0v) is 13.0. The number of benzene rings is 1. The molecule has 108 valence electrons. The summed E-state index contributed by atoms with van der Waals surface area (Å²) in [7, 11) is -3.31. The molecule has 0 aliphatic rings. The van der Waals surface area contributed by atoms with E-state index >= 15 is 0 Å². The van der Waals surface area contributed by atoms with Crippen LogP contribution in [0.1, 0.15) is 33.3 Å². The average molecular weight is 285 g/mol. The first kappa shape index (κ1) is 16.4. The van der Waals surface area contributed by atoms with E-state index in [0.717, 1.165) is 5.56 Å². The van der Waals surface area contributed by atoms with Gasteiger partial charge in [0.25, 0.3) is 0 Å². The molecule has 1 rings (SSSR count). The van der Waals surface area contributed by atoms with Crippen molar-refractivity contribution in [1.82, 2.24) is 0 Å². The molecule has 0 aromatic heterocycles. The van der Waals surface area contributed by atoms with Gasteiger partial charge in [-0.3, -0.25) is 4.57 Å². The van der Waals surface area contributed by atoms with Crippen molar-refractivity contribution in [2.45, 2.75) is 52.1 Å². The lowest BCUT2D eigenvalue weighted by molar-refractivity contribution is 0.136. The molecule has 0 unspecified atom stereocenters. The normalized spacial score (nSPS) is 14.1. The number of rotatable bonds is 7. The van der Waals surface area contributed by atoms with Gasteiger partial charge in [0.1, 0.15) is 5.78 Å². The highest BCUT2D eigenvalue weighted by atomic mass is 31.2. The number of nitrogens with two attached hydrogens (primary N) is 1. The van der Waals surface area contributed by atoms with Crippen molar-refractivity contribution in [3.63, 3.8) is 0 Å². The molecule has 1 aromatic carbocycles. The summed E-state index contributed by atoms with van der Waals surface area (Å²) >= 11 is 0. The second-order valence-corrected chi connectivity index (χ2v) is 7.27. The van der Waals surface area contributed by atoms with Gasteiger partial charge < -0.3 is 14.8 Å². The highest BCUT2D eigenvalue weighted by Gasteiger charge is 2.35. The third-order valence-electron chi connectivity index (χ3n) is 2.41. The zero-order chi connectivity index (χ0) is 14.5. The lowest BCUT2D eigenvalue weighted by atomic mass is 10.2. The van der Waals surface area contributed by atoms with E-state index in [-0.39, 0.29) is 12.2 Å². The van der Waals surface area contributed by atoms with Crippen LogP contribution in [0.25, 0.3) is 0 Å². The highest BCUT2D eigenvalue weighted by Crippen LogP contribution is 2.53. The molecule has 0 radical (unpaired) electrons. The monoisotopic (exact) mass is 285 g/mol. The van der Waals surface area contributed by atoms with E-state index < -0.39 is 13.4 Å². The average Bonchev–Trinajstić information content (AvgIpc) is 2.27. The summed E-state index contributed by atoms with van der Waals surface area (Å²) in [6.45, 7) is 7.30. The summed E-state index contributed by atoms with van der Waals surface area (Å²) in [5.74, 6) is -0.653. The Balaban J connectivity index is 2.82. The van der Waals surface area contributed by atoms with Crippen LogP contribution in [0.4, 0.5) is 0 Å². The summed E-state index contributed by atoms with van der Waals surface area (Å²) in [6, 6.07) is 9.70. The van der Waals surface area contributed by atoms with Gasteiger partial charge in [0.05, 0.1) is 12.2 Å². The summed E-state index contributed by atoms with van der Waals surface area (Å²) in [6.07, 6.45) is 0.0928. The van der Waals surface area contributed by atoms with E-state index in [4.69, 9.17) is 14.8 Å². The second kappa shape index (κ2) is 7.20. The van der Waals surface area contributed by atoms with Crippen molar-refractivity contribution in [2.24, 2.45) is 5.73 Å². The molecular formula is C14H24NO3P. The smallest absolute Gasteiger partial charge is 0.317 e. The predicted octanol–water partition coefficient (Wildman–Crippen LogP) is 3.56. The van der Waals surface area contributed by atoms with Gasteiger partial charge in [-0.1, -0.05) is 30.3 Å². The summed E-state index contributed by atoms with van der Waals surface area (Å²) in [5, 5.41) is 0. The lowest BCUT2D eigenvalue weighted by Crippen LogP contribution is -2.28. The molecule has 2 N–H and O–H groups in total. The Kier molecular flexibility index (Phi) is 6.21. The Hall–Kier alpha value is -0.670. The zero-order valence-electron chi connectivity index (χ0n) is 12.1. The van der Waals surface area contributed by atoms with Crippen molar-refractivity contribution in [2.75, 3.05) is 0 Å². The van der Waals surface area contributed by atoms with Crippen LogP contribution in [0.2, 0.25) is 0 Å². The Labute approximate surface area is 115 Å². The van der Waals surface area contributed by atoms with Gasteiger partial charge in [-0.05, 0) is 39.7 Å². The fraction of sp³-hybridized carbons (Fsp3) is 0.571. The molecule has 0 spiro atoms. The third kappa shape index (κ3) is 5.45. The summed E-state index contributed by atoms with van der Waals surface area (Å²) < 4.78 is 23.8. The van der Waals surface area contributed by atoms with E-state index in [1.54, 1.807) is 0 Å². The molecule has 0 saturated carbocycles. The number of hydrogen-bond acceptors (Lipinski definition) is 4. The summed E-state index contributed by atoms with van der Waals surface area (Å²) in [4.78, 5) is 0. The van der Waals surface area contributed by atoms with Crippen LogP contribution in [-0.4, -0.2) is 18.0 Å². The molecule has 1 atom stereocenters. The van der Waals surface area contributed by atoms with Crippen LogP contribution in [0, 0.1) is 0 Å². The molecule has 19 heavy (non-hydrogen) atoms. The molecule has 5 heteroatoms. The Morgan fingerprint density at radius 3 is 1.95 bits per heavy atom. The minimum Gasteiger partial charge on any atom is -0.317 e. The van der Waals surface area contributed by atoms with Crippen molar-refractivity contribution in [3.8, 4) is 0 Å². The van der Waals surface area contributed by atoms with Crippen LogP contribution in [0.15, 0.2) is 30.3 Å². The highest BCUT2D eigenvalue weighted by molar-refractivity contribution is 7.54. The molecule has 0 saturated heterocycles. The van der Waals surface area contributed by atoms with Crippen LogP contribution < -0.4 is 5.73 Å². The first-order valence-electron chi connectivity index (χ1n) is 6.59. The van der Waals surface area contributed by atoms with Crippen LogP contribution in [0.5, 0.6) is 0 Å². The molecule has 0 aliphatic heterocycles. The standard InChI is InChI=1S/C14H24NO3P/c1-11(2)17-19(16,18-12(3)4)14(15)10-13-8-6-5-7-9-13/h5-9,11-12,14H,10,15H2,1-4H3/t14-/m0/s1. The fourth-order valence-corrected chi connectivity index (χ4v) is 3.71. The van der Waals surface area contributed by atoms with Gasteiger partial charge in [-0.25, -0.2) is 0 Å². The van der Waals surface area contributed by atoms with Crippen molar-refractivity contribution >= 4 is 7.60 Å². The van der Waals surface area contributed by atoms with Crippen LogP contribution in [0.3, 0.4) is 0 Å². The van der Waals surface area contributed by atoms with E-state index in [9.17, 15) is 4.57 Å². The first-order chi connectivity index (χ1) is 8.83. The topological polar surface area (TPSA) is 61.5 Å². The molecule has 0 fully saturated rings. The van der Waals surface area contributed by atoms with Crippen molar-refractivity contribution in [3.05, 3.63) is 35.9 Å². The van der Waals surface area contributed by atoms with Gasteiger partial charge in [0, 0.05) is 0 Å². The molecule has 0 amide bonds. The fourth-order valence-electron chi connectivity index (χ4n) is 1.74. The second-order valence-electron chi connectivity index (χ2n) is 5.11. The number of hydrogen-bond donors (Lipinski definition) is 1. The predicted molar refractivity (Wildman–Crippen MR) is 78.2 cm³/mol. The maximum atomic E-state index is 12.8. The Morgan fingerprint density at radius 2 is 1.53 bits per heavy atom. The maximum absolute atomic E-state index is 12.8. The molecule has 0 bridgehead atoms. The van der Waals surface area contributed by atoms with E-state index in [2.05, 4.69) is 0 Å². The molecule has 0 heterocycles. The quantitative estimate of drug-likeness (QED) is 0.778. The van der Waals surface area contributed by atoms with Gasteiger partial charge in [-0.15, -0.1) is 0 Å². The summed E-state index contributed by atoms with van der Waals surface area (Å²) in [5.41, 5.74) is 7.09. The van der Waals surface area contributed by atoms with E-state index in [1.807, 2.05) is 58.0 Å². The molecule has 1 aromatic rings. The van der Waals surface area contributed by atoms with Crippen molar-refractivity contribution < 1.29 is 13.6 Å². The third-order valence-corrected chi connectivity index (χ3v) is 4.84. The lowest BCUT2D eigenvalue weighted by Gasteiger charge is -2.27. The van der Waals surface area contributed by atoms with Gasteiger partial charge in [0.2, 0.25) is 0 Å². The molecule has 0 aliphatic carbocycles. The molecule has 4 nitrogen and oxygen atoms in total. The van der Waals surface area contributed by atoms with Crippen molar-refractivity contribution in [1.29, 1.82) is 0 Å². The van der Waals surface area contributed by atoms with E-state index in [0.29, 0.717) is 6.42 Å². The Bertz CT molecular complexity index is 406. The first-order valence-corrected chi connectivity index (χ1v) is 8.20. The van der Waals surface area contributed by atoms with Gasteiger partial charge in [-0.2, -0.15) is 0 Å². The molecular weight excluding hydrogens is 261 g/mol. The largest absolute Gasteiger partial charge is 0.348 e. The SMILES string of the molecule is CC(C)OP(=O)(OC(C)C)[C@H](N)Cc1ccccc1. The maximum Gasteiger partial charge on any atom is 0.348 e. The van der Waals surface area contributed by atoms with Gasteiger partial charge in [0.15, 0.2) is 0 Å².